The van der Waals surface area contributed by atoms with Gasteiger partial charge >= 0.3 is 0 Å². The molecule has 2 aromatic carbocycles. The zero-order chi connectivity index (χ0) is 17.6. The van der Waals surface area contributed by atoms with Gasteiger partial charge in [-0.1, -0.05) is 24.3 Å². The third kappa shape index (κ3) is 2.44. The lowest BCUT2D eigenvalue weighted by atomic mass is 10.1. The highest BCUT2D eigenvalue weighted by atomic mass is 16.6. The van der Waals surface area contributed by atoms with Gasteiger partial charge in [-0.3, -0.25) is 14.9 Å². The number of nitrogens with zero attached hydrogens (tertiary/aromatic N) is 3. The number of non-ortho nitro benzene ring substituents is 1. The number of benzene rings is 2. The summed E-state index contributed by atoms with van der Waals surface area (Å²) in [7, 11) is 1.65. The first-order chi connectivity index (χ1) is 12.0. The maximum absolute atomic E-state index is 12.7. The lowest BCUT2D eigenvalue weighted by Gasteiger charge is -2.09. The Labute approximate surface area is 142 Å². The fourth-order valence-electron chi connectivity index (χ4n) is 2.98. The topological polar surface area (TPSA) is 78.0 Å². The molecule has 0 amide bonds. The van der Waals surface area contributed by atoms with E-state index in [2.05, 4.69) is 4.98 Å². The number of para-hydroxylation sites is 1. The Bertz CT molecular complexity index is 1210. The van der Waals surface area contributed by atoms with Crippen LogP contribution in [0.15, 0.2) is 65.5 Å². The highest BCUT2D eigenvalue weighted by molar-refractivity contribution is 5.87. The minimum Gasteiger partial charge on any atom is -0.311 e. The third-order valence-electron chi connectivity index (χ3n) is 4.29. The average Bonchev–Trinajstić information content (AvgIpc) is 2.63. The van der Waals surface area contributed by atoms with Crippen molar-refractivity contribution in [2.45, 2.75) is 0 Å². The minimum absolute atomic E-state index is 0.0106. The van der Waals surface area contributed by atoms with E-state index in [4.69, 9.17) is 0 Å². The second-order valence-corrected chi connectivity index (χ2v) is 5.81. The molecule has 2 aromatic heterocycles. The summed E-state index contributed by atoms with van der Waals surface area (Å²) in [6, 6.07) is 17.5. The quantitative estimate of drug-likeness (QED) is 0.415. The van der Waals surface area contributed by atoms with Crippen molar-refractivity contribution in [3.05, 3.63) is 81.1 Å². The lowest BCUT2D eigenvalue weighted by molar-refractivity contribution is -0.384. The lowest BCUT2D eigenvalue weighted by Crippen LogP contribution is -2.19. The van der Waals surface area contributed by atoms with E-state index in [9.17, 15) is 14.9 Å². The molecule has 25 heavy (non-hydrogen) atoms. The van der Waals surface area contributed by atoms with E-state index in [1.54, 1.807) is 25.2 Å². The van der Waals surface area contributed by atoms with Crippen LogP contribution in [0.2, 0.25) is 0 Å². The first-order valence-electron chi connectivity index (χ1n) is 7.69. The number of nitro groups is 1. The molecule has 4 aromatic rings. The summed E-state index contributed by atoms with van der Waals surface area (Å²) >= 11 is 0. The van der Waals surface area contributed by atoms with E-state index in [-0.39, 0.29) is 11.2 Å². The molecule has 0 aliphatic carbocycles. The zero-order valence-electron chi connectivity index (χ0n) is 13.3. The van der Waals surface area contributed by atoms with Crippen LogP contribution in [0.1, 0.15) is 0 Å². The van der Waals surface area contributed by atoms with Crippen LogP contribution in [0.5, 0.6) is 0 Å². The Hall–Kier alpha value is -3.54. The van der Waals surface area contributed by atoms with Gasteiger partial charge in [0.15, 0.2) is 0 Å². The Morgan fingerprint density at radius 2 is 1.80 bits per heavy atom. The second-order valence-electron chi connectivity index (χ2n) is 5.81. The normalized spacial score (nSPS) is 11.1. The van der Waals surface area contributed by atoms with Crippen LogP contribution in [-0.2, 0) is 7.05 Å². The maximum Gasteiger partial charge on any atom is 0.270 e. The summed E-state index contributed by atoms with van der Waals surface area (Å²) in [6.07, 6.45) is 0. The fourth-order valence-corrected chi connectivity index (χ4v) is 2.98. The molecule has 6 heteroatoms. The molecule has 0 aliphatic rings. The van der Waals surface area contributed by atoms with E-state index < -0.39 is 4.92 Å². The van der Waals surface area contributed by atoms with Crippen LogP contribution in [0.3, 0.4) is 0 Å². The van der Waals surface area contributed by atoms with Crippen molar-refractivity contribution in [3.8, 4) is 11.3 Å². The van der Waals surface area contributed by atoms with Crippen molar-refractivity contribution in [1.82, 2.24) is 9.55 Å². The molecule has 0 saturated heterocycles. The van der Waals surface area contributed by atoms with E-state index in [0.29, 0.717) is 22.2 Å². The van der Waals surface area contributed by atoms with Crippen LogP contribution < -0.4 is 5.56 Å². The molecule has 0 fully saturated rings. The van der Waals surface area contributed by atoms with Gasteiger partial charge < -0.3 is 4.57 Å². The molecule has 2 heterocycles. The van der Waals surface area contributed by atoms with Crippen molar-refractivity contribution >= 4 is 27.5 Å². The molecular weight excluding hydrogens is 318 g/mol. The number of aromatic nitrogens is 2. The highest BCUT2D eigenvalue weighted by Crippen LogP contribution is 2.24. The van der Waals surface area contributed by atoms with Crippen LogP contribution >= 0.6 is 0 Å². The number of fused-ring (bicyclic) bond motifs is 2. The first kappa shape index (κ1) is 15.0. The van der Waals surface area contributed by atoms with Crippen molar-refractivity contribution in [1.29, 1.82) is 0 Å². The molecular formula is C19H13N3O3. The molecule has 0 N–H and O–H groups in total. The first-order valence-corrected chi connectivity index (χ1v) is 7.69. The molecule has 0 aliphatic heterocycles. The summed E-state index contributed by atoms with van der Waals surface area (Å²) in [5.74, 6) is 0. The molecule has 0 unspecified atom stereocenters. The van der Waals surface area contributed by atoms with Gasteiger partial charge in [-0.05, 0) is 24.3 Å². The van der Waals surface area contributed by atoms with Crippen LogP contribution in [-0.4, -0.2) is 14.5 Å². The number of nitro benzene ring substituents is 1. The molecule has 4 rings (SSSR count). The molecule has 0 radical (unpaired) electrons. The van der Waals surface area contributed by atoms with Gasteiger partial charge in [0, 0.05) is 30.0 Å². The van der Waals surface area contributed by atoms with E-state index in [0.717, 1.165) is 10.9 Å². The Balaban J connectivity index is 2.00. The van der Waals surface area contributed by atoms with Gasteiger partial charge in [-0.15, -0.1) is 0 Å². The standard InChI is InChI=1S/C19H13N3O3/c1-21-18-9-7-14(22(24)25)10-13(18)11-15(19(21)23)17-8-6-12-4-2-3-5-16(12)20-17/h2-11H,1H3. The van der Waals surface area contributed by atoms with Gasteiger partial charge in [0.25, 0.3) is 11.2 Å². The number of hydrogen-bond acceptors (Lipinski definition) is 4. The Morgan fingerprint density at radius 1 is 1.00 bits per heavy atom. The molecule has 122 valence electrons. The second kappa shape index (κ2) is 5.52. The number of aryl methyl sites for hydroxylation is 1. The molecule has 6 nitrogen and oxygen atoms in total. The van der Waals surface area contributed by atoms with Gasteiger partial charge in [-0.25, -0.2) is 4.98 Å². The number of hydrogen-bond donors (Lipinski definition) is 0. The van der Waals surface area contributed by atoms with Gasteiger partial charge in [-0.2, -0.15) is 0 Å². The monoisotopic (exact) mass is 331 g/mol. The largest absolute Gasteiger partial charge is 0.311 e. The average molecular weight is 331 g/mol. The van der Waals surface area contributed by atoms with E-state index >= 15 is 0 Å². The van der Waals surface area contributed by atoms with Gasteiger partial charge in [0.05, 0.1) is 27.2 Å². The van der Waals surface area contributed by atoms with Crippen molar-refractivity contribution < 1.29 is 4.92 Å². The summed E-state index contributed by atoms with van der Waals surface area (Å²) < 4.78 is 1.49. The third-order valence-corrected chi connectivity index (χ3v) is 4.29. The smallest absolute Gasteiger partial charge is 0.270 e. The van der Waals surface area contributed by atoms with E-state index in [1.807, 2.05) is 30.3 Å². The SMILES string of the molecule is Cn1c(=O)c(-c2ccc3ccccc3n2)cc2cc([N+](=O)[O-])ccc21. The number of pyridine rings is 2. The summed E-state index contributed by atoms with van der Waals surface area (Å²) in [4.78, 5) is 27.9. The van der Waals surface area contributed by atoms with Gasteiger partial charge in [0.1, 0.15) is 0 Å². The van der Waals surface area contributed by atoms with E-state index in [1.165, 1.54) is 16.7 Å². The Morgan fingerprint density at radius 3 is 2.60 bits per heavy atom. The minimum atomic E-state index is -0.446. The van der Waals surface area contributed by atoms with Crippen molar-refractivity contribution in [2.24, 2.45) is 7.05 Å². The molecule has 0 atom stereocenters. The fraction of sp³-hybridized carbons (Fsp3) is 0.0526. The molecule has 0 bridgehead atoms. The predicted molar refractivity (Wildman–Crippen MR) is 96.6 cm³/mol. The predicted octanol–water partition coefficient (Wildman–Crippen LogP) is 3.66. The highest BCUT2D eigenvalue weighted by Gasteiger charge is 2.13. The molecule has 0 saturated carbocycles. The van der Waals surface area contributed by atoms with Gasteiger partial charge in [0.2, 0.25) is 0 Å². The number of rotatable bonds is 2. The van der Waals surface area contributed by atoms with Crippen LogP contribution in [0.25, 0.3) is 33.1 Å². The maximum atomic E-state index is 12.7. The summed E-state index contributed by atoms with van der Waals surface area (Å²) in [6.45, 7) is 0. The summed E-state index contributed by atoms with van der Waals surface area (Å²) in [5, 5.41) is 12.6. The summed E-state index contributed by atoms with van der Waals surface area (Å²) in [5.41, 5.74) is 2.20. The van der Waals surface area contributed by atoms with Crippen LogP contribution in [0, 0.1) is 10.1 Å². The van der Waals surface area contributed by atoms with Crippen molar-refractivity contribution in [3.63, 3.8) is 0 Å². The zero-order valence-corrected chi connectivity index (χ0v) is 13.3. The Kier molecular flexibility index (Phi) is 3.32. The van der Waals surface area contributed by atoms with Crippen LogP contribution in [0.4, 0.5) is 5.69 Å². The van der Waals surface area contributed by atoms with Crippen molar-refractivity contribution in [2.75, 3.05) is 0 Å². The molecule has 0 spiro atoms.